The summed E-state index contributed by atoms with van der Waals surface area (Å²) in [5.74, 6) is 1.83. The Hall–Kier alpha value is -4.90. The maximum atomic E-state index is 6.60. The highest BCUT2D eigenvalue weighted by Gasteiger charge is 2.74. The van der Waals surface area contributed by atoms with Crippen LogP contribution in [0.1, 0.15) is 28.2 Å². The molecule has 0 fully saturated rings. The molecule has 0 bridgehead atoms. The second-order valence-corrected chi connectivity index (χ2v) is 10.8. The van der Waals surface area contributed by atoms with Crippen LogP contribution in [0.15, 0.2) is 103 Å². The molecule has 3 aliphatic heterocycles. The zero-order valence-electron chi connectivity index (χ0n) is 22.0. The number of hydrogen-bond donors (Lipinski definition) is 0. The molecular weight excluding hydrogens is 480 g/mol. The topological polar surface area (TPSA) is 26.8 Å². The van der Waals surface area contributed by atoms with E-state index in [2.05, 4.69) is 143 Å². The van der Waals surface area contributed by atoms with Gasteiger partial charge >= 0.3 is 5.66 Å². The number of fused-ring (bicyclic) bond motifs is 4. The number of aromatic nitrogens is 4. The summed E-state index contributed by atoms with van der Waals surface area (Å²) in [5, 5.41) is 0. The third kappa shape index (κ3) is 2.30. The van der Waals surface area contributed by atoms with Crippen LogP contribution in [0.4, 0.5) is 0 Å². The molecule has 9 rings (SSSR count). The Morgan fingerprint density at radius 2 is 1.28 bits per heavy atom. The van der Waals surface area contributed by atoms with Crippen LogP contribution in [-0.2, 0) is 5.66 Å². The monoisotopic (exact) mass is 506 g/mol. The van der Waals surface area contributed by atoms with Crippen LogP contribution in [0.25, 0.3) is 33.6 Å². The van der Waals surface area contributed by atoms with Gasteiger partial charge in [-0.3, -0.25) is 0 Å². The lowest BCUT2D eigenvalue weighted by molar-refractivity contribution is -1.02. The Kier molecular flexibility index (Phi) is 3.75. The predicted molar refractivity (Wildman–Crippen MR) is 149 cm³/mol. The van der Waals surface area contributed by atoms with Crippen molar-refractivity contribution in [3.05, 3.63) is 131 Å². The lowest BCUT2D eigenvalue weighted by atomic mass is 9.86. The smallest absolute Gasteiger partial charge is 0.455 e. The zero-order chi connectivity index (χ0) is 26.0. The van der Waals surface area contributed by atoms with Crippen molar-refractivity contribution >= 4 is 0 Å². The standard InChI is InChI=1S/C34H26N4O/c1-21-18-19-35-34-32-27(36(21)35)14-8-16-29(32)39-30-17-9-15-28(33(30)34)37-22(2)31(23(3)38(34)37)26-13-7-12-25(20-26)24-10-5-4-6-11-24/h4-20H,1-3H3/q+2. The van der Waals surface area contributed by atoms with Crippen LogP contribution in [0.5, 0.6) is 11.5 Å². The van der Waals surface area contributed by atoms with Crippen molar-refractivity contribution in [1.29, 1.82) is 0 Å². The summed E-state index contributed by atoms with van der Waals surface area (Å²) in [6.07, 6.45) is 2.23. The van der Waals surface area contributed by atoms with Crippen molar-refractivity contribution in [3.8, 4) is 45.1 Å². The van der Waals surface area contributed by atoms with E-state index in [1.807, 2.05) is 0 Å². The molecule has 5 heterocycles. The average Bonchev–Trinajstić information content (AvgIpc) is 3.66. The predicted octanol–water partition coefficient (Wildman–Crippen LogP) is 6.13. The van der Waals surface area contributed by atoms with E-state index >= 15 is 0 Å². The molecule has 4 aromatic carbocycles. The van der Waals surface area contributed by atoms with Crippen LogP contribution >= 0.6 is 0 Å². The number of ether oxygens (including phenoxy) is 1. The lowest BCUT2D eigenvalue weighted by Gasteiger charge is -2.22. The summed E-state index contributed by atoms with van der Waals surface area (Å²) < 4.78 is 16.3. The minimum Gasteiger partial charge on any atom is -0.455 e. The summed E-state index contributed by atoms with van der Waals surface area (Å²) in [4.78, 5) is 0. The highest BCUT2D eigenvalue weighted by Crippen LogP contribution is 2.54. The number of benzene rings is 4. The largest absolute Gasteiger partial charge is 0.469 e. The summed E-state index contributed by atoms with van der Waals surface area (Å²) in [5.41, 5.74) is 12.7. The first-order valence-electron chi connectivity index (χ1n) is 13.5. The van der Waals surface area contributed by atoms with Crippen LogP contribution in [0.3, 0.4) is 0 Å². The Morgan fingerprint density at radius 1 is 0.641 bits per heavy atom. The molecule has 1 spiro atoms. The fourth-order valence-electron chi connectivity index (χ4n) is 7.44. The van der Waals surface area contributed by atoms with E-state index in [4.69, 9.17) is 4.74 Å². The lowest BCUT2D eigenvalue weighted by Crippen LogP contribution is -2.75. The molecule has 1 unspecified atom stereocenters. The van der Waals surface area contributed by atoms with Crippen molar-refractivity contribution in [2.45, 2.75) is 26.4 Å². The third-order valence-corrected chi connectivity index (χ3v) is 8.84. The Bertz CT molecular complexity index is 2030. The number of hydrogen-bond acceptors (Lipinski definition) is 1. The van der Waals surface area contributed by atoms with Crippen molar-refractivity contribution < 1.29 is 14.1 Å². The van der Waals surface area contributed by atoms with Gasteiger partial charge in [-0.2, -0.15) is 0 Å². The maximum Gasteiger partial charge on any atom is 0.469 e. The molecule has 3 aliphatic rings. The average molecular weight is 507 g/mol. The highest BCUT2D eigenvalue weighted by atomic mass is 16.5. The molecule has 5 heteroatoms. The molecule has 0 amide bonds. The maximum absolute atomic E-state index is 6.60. The molecule has 5 nitrogen and oxygen atoms in total. The van der Waals surface area contributed by atoms with Gasteiger partial charge in [0, 0.05) is 13.0 Å². The van der Waals surface area contributed by atoms with E-state index in [-0.39, 0.29) is 0 Å². The molecular formula is C34H26N4O+2. The molecule has 0 saturated carbocycles. The van der Waals surface area contributed by atoms with Crippen molar-refractivity contribution in [3.63, 3.8) is 0 Å². The summed E-state index contributed by atoms with van der Waals surface area (Å²) in [7, 11) is 0. The van der Waals surface area contributed by atoms with E-state index in [0.29, 0.717) is 0 Å². The van der Waals surface area contributed by atoms with Gasteiger partial charge in [0.05, 0.1) is 17.0 Å². The molecule has 1 atom stereocenters. The van der Waals surface area contributed by atoms with Crippen LogP contribution in [0, 0.1) is 20.8 Å². The fraction of sp³-hybridized carbons (Fsp3) is 0.118. The first kappa shape index (κ1) is 21.1. The highest BCUT2D eigenvalue weighted by molar-refractivity contribution is 5.76. The first-order chi connectivity index (χ1) is 19.1. The van der Waals surface area contributed by atoms with E-state index in [1.165, 1.54) is 61.8 Å². The van der Waals surface area contributed by atoms with Crippen LogP contribution < -0.4 is 14.1 Å². The molecule has 6 aromatic rings. The van der Waals surface area contributed by atoms with Crippen molar-refractivity contribution in [2.75, 3.05) is 0 Å². The summed E-state index contributed by atoms with van der Waals surface area (Å²) in [6, 6.07) is 34.7. The van der Waals surface area contributed by atoms with E-state index < -0.39 is 5.66 Å². The van der Waals surface area contributed by atoms with Gasteiger partial charge in [-0.05, 0) is 70.2 Å². The molecule has 2 aromatic heterocycles. The Balaban J connectivity index is 1.40. The minimum atomic E-state index is -0.575. The molecule has 39 heavy (non-hydrogen) atoms. The van der Waals surface area contributed by atoms with Gasteiger partial charge < -0.3 is 4.74 Å². The van der Waals surface area contributed by atoms with Gasteiger partial charge in [-0.1, -0.05) is 60.7 Å². The first-order valence-corrected chi connectivity index (χ1v) is 13.5. The Labute approximate surface area is 226 Å². The number of nitrogens with zero attached hydrogens (tertiary/aromatic N) is 4. The number of aryl methyl sites for hydroxylation is 1. The third-order valence-electron chi connectivity index (χ3n) is 8.84. The molecule has 0 aliphatic carbocycles. The van der Waals surface area contributed by atoms with Crippen LogP contribution in [-0.4, -0.2) is 9.36 Å². The van der Waals surface area contributed by atoms with E-state index in [0.717, 1.165) is 11.5 Å². The van der Waals surface area contributed by atoms with Gasteiger partial charge in [0.1, 0.15) is 22.9 Å². The molecule has 0 radical (unpaired) electrons. The van der Waals surface area contributed by atoms with Crippen molar-refractivity contribution in [1.82, 2.24) is 9.36 Å². The quantitative estimate of drug-likeness (QED) is 0.259. The van der Waals surface area contributed by atoms with E-state index in [1.54, 1.807) is 0 Å². The normalized spacial score (nSPS) is 16.9. The molecule has 186 valence electrons. The van der Waals surface area contributed by atoms with E-state index in [9.17, 15) is 0 Å². The summed E-state index contributed by atoms with van der Waals surface area (Å²) >= 11 is 0. The molecule has 0 saturated heterocycles. The SMILES string of the molecule is Cc1cc[n+]2n1-c1cccc3c1C21c2c(cccc2-n2c(C)c(-c4cccc(-c5ccccc5)c4)c(C)[n+]21)O3. The van der Waals surface area contributed by atoms with Crippen molar-refractivity contribution in [2.24, 2.45) is 0 Å². The van der Waals surface area contributed by atoms with Gasteiger partial charge in [0.15, 0.2) is 11.1 Å². The number of rotatable bonds is 2. The second kappa shape index (κ2) is 6.94. The molecule has 0 N–H and O–H groups in total. The fourth-order valence-corrected chi connectivity index (χ4v) is 7.44. The second-order valence-electron chi connectivity index (χ2n) is 10.8. The van der Waals surface area contributed by atoms with Gasteiger partial charge in [-0.25, -0.2) is 0 Å². The Morgan fingerprint density at radius 3 is 2.03 bits per heavy atom. The van der Waals surface area contributed by atoms with Gasteiger partial charge in [0.2, 0.25) is 11.9 Å². The van der Waals surface area contributed by atoms with Gasteiger partial charge in [0.25, 0.3) is 0 Å². The zero-order valence-corrected chi connectivity index (χ0v) is 22.0. The van der Waals surface area contributed by atoms with Gasteiger partial charge in [-0.15, -0.1) is 9.36 Å². The minimum absolute atomic E-state index is 0.575. The summed E-state index contributed by atoms with van der Waals surface area (Å²) in [6.45, 7) is 6.69. The van der Waals surface area contributed by atoms with Crippen LogP contribution in [0.2, 0.25) is 0 Å².